The van der Waals surface area contributed by atoms with Crippen molar-refractivity contribution in [2.45, 2.75) is 109 Å². The number of aliphatic carboxylic acids is 1. The number of ether oxygens (including phenoxy) is 2. The van der Waals surface area contributed by atoms with E-state index in [2.05, 4.69) is 11.4 Å². The van der Waals surface area contributed by atoms with Gasteiger partial charge in [-0.15, -0.1) is 0 Å². The van der Waals surface area contributed by atoms with Gasteiger partial charge in [0.15, 0.2) is 6.10 Å². The van der Waals surface area contributed by atoms with E-state index in [4.69, 9.17) is 24.8 Å². The quantitative estimate of drug-likeness (QED) is 0.0996. The van der Waals surface area contributed by atoms with Crippen LogP contribution in [0.5, 0.6) is 0 Å². The molecule has 0 aromatic rings. The summed E-state index contributed by atoms with van der Waals surface area (Å²) in [7, 11) is -4.67. The molecule has 0 aromatic heterocycles. The van der Waals surface area contributed by atoms with Gasteiger partial charge in [0.2, 0.25) is 0 Å². The molecule has 0 amide bonds. The monoisotopic (exact) mass is 525 g/mol. The van der Waals surface area contributed by atoms with Crippen LogP contribution in [0.15, 0.2) is 0 Å². The number of esters is 2. The van der Waals surface area contributed by atoms with E-state index in [-0.39, 0.29) is 19.4 Å². The minimum atomic E-state index is -4.67. The van der Waals surface area contributed by atoms with Crippen LogP contribution in [-0.4, -0.2) is 59.9 Å². The number of phosphoric ester groups is 1. The summed E-state index contributed by atoms with van der Waals surface area (Å²) < 4.78 is 31.7. The van der Waals surface area contributed by atoms with Gasteiger partial charge >= 0.3 is 25.7 Å². The lowest BCUT2D eigenvalue weighted by atomic mass is 10.1. The molecule has 0 aromatic carbocycles. The molecule has 4 N–H and O–H groups in total. The first-order valence-electron chi connectivity index (χ1n) is 12.6. The summed E-state index contributed by atoms with van der Waals surface area (Å²) >= 11 is 0. The number of phosphoric acid groups is 1. The summed E-state index contributed by atoms with van der Waals surface area (Å²) in [5.41, 5.74) is 5.23. The van der Waals surface area contributed by atoms with Gasteiger partial charge in [-0.3, -0.25) is 23.4 Å². The number of carbonyl (C=O) groups excluding carboxylic acids is 2. The Morgan fingerprint density at radius 2 is 1.29 bits per heavy atom. The number of carboxylic acids is 1. The number of nitrogens with two attached hydrogens (primary N) is 1. The average Bonchev–Trinajstić information content (AvgIpc) is 2.81. The Labute approximate surface area is 208 Å². The van der Waals surface area contributed by atoms with Crippen molar-refractivity contribution in [3.05, 3.63) is 0 Å². The number of hydrogen-bond donors (Lipinski definition) is 3. The third kappa shape index (κ3) is 20.4. The Morgan fingerprint density at radius 3 is 1.86 bits per heavy atom. The van der Waals surface area contributed by atoms with Crippen LogP contribution in [0.1, 0.15) is 97.3 Å². The number of carboxylic acid groups (broad SMARTS) is 1. The Bertz CT molecular complexity index is 646. The molecule has 11 nitrogen and oxygen atoms in total. The molecular weight excluding hydrogens is 481 g/mol. The fourth-order valence-corrected chi connectivity index (χ4v) is 3.76. The van der Waals surface area contributed by atoms with E-state index < -0.39 is 51.1 Å². The summed E-state index contributed by atoms with van der Waals surface area (Å²) in [6.45, 7) is 2.42. The molecule has 0 aliphatic carbocycles. The molecule has 206 valence electrons. The van der Waals surface area contributed by atoms with Crippen LogP contribution < -0.4 is 5.73 Å². The summed E-state index contributed by atoms with van der Waals surface area (Å²) in [5.74, 6) is -2.43. The number of carbonyl (C=O) groups is 3. The van der Waals surface area contributed by atoms with E-state index in [0.717, 1.165) is 25.7 Å². The Balaban J connectivity index is 4.52. The highest BCUT2D eigenvalue weighted by atomic mass is 31.2. The summed E-state index contributed by atoms with van der Waals surface area (Å²) in [4.78, 5) is 44.4. The van der Waals surface area contributed by atoms with Crippen molar-refractivity contribution in [2.75, 3.05) is 19.8 Å². The highest BCUT2D eigenvalue weighted by molar-refractivity contribution is 7.47. The van der Waals surface area contributed by atoms with E-state index in [1.165, 1.54) is 32.1 Å². The standard InChI is InChI=1S/C23H44NO10P/c1-3-5-7-8-9-10-11-12-13-15-22(26)34-19(16-31-21(25)14-6-4-2)17-32-35(29,30)33-18-20(24)23(27)28/h19-20H,3-18,24H2,1-2H3,(H,27,28)(H,29,30). The lowest BCUT2D eigenvalue weighted by Crippen LogP contribution is -2.34. The normalized spacial score (nSPS) is 14.6. The van der Waals surface area contributed by atoms with E-state index >= 15 is 0 Å². The maximum Gasteiger partial charge on any atom is 0.472 e. The van der Waals surface area contributed by atoms with Crippen molar-refractivity contribution in [1.82, 2.24) is 0 Å². The fraction of sp³-hybridized carbons (Fsp3) is 0.870. The molecule has 0 fully saturated rings. The first-order chi connectivity index (χ1) is 16.6. The summed E-state index contributed by atoms with van der Waals surface area (Å²) in [5, 5.41) is 8.72. The van der Waals surface area contributed by atoms with E-state index in [0.29, 0.717) is 12.8 Å². The van der Waals surface area contributed by atoms with Gasteiger partial charge in [0.25, 0.3) is 0 Å². The second kappa shape index (κ2) is 20.7. The van der Waals surface area contributed by atoms with Crippen molar-refractivity contribution < 1.29 is 47.5 Å². The second-order valence-corrected chi connectivity index (χ2v) is 9.94. The summed E-state index contributed by atoms with van der Waals surface area (Å²) in [6, 6.07) is -1.51. The Hall–Kier alpha value is -1.52. The van der Waals surface area contributed by atoms with Crippen molar-refractivity contribution in [3.63, 3.8) is 0 Å². The largest absolute Gasteiger partial charge is 0.480 e. The van der Waals surface area contributed by atoms with Gasteiger partial charge in [0.1, 0.15) is 12.6 Å². The van der Waals surface area contributed by atoms with Crippen LogP contribution in [-0.2, 0) is 37.5 Å². The van der Waals surface area contributed by atoms with Crippen molar-refractivity contribution >= 4 is 25.7 Å². The van der Waals surface area contributed by atoms with Gasteiger partial charge in [-0.1, -0.05) is 71.6 Å². The smallest absolute Gasteiger partial charge is 0.472 e. The predicted octanol–water partition coefficient (Wildman–Crippen LogP) is 4.10. The zero-order valence-electron chi connectivity index (χ0n) is 21.2. The van der Waals surface area contributed by atoms with Crippen LogP contribution in [0.4, 0.5) is 0 Å². The third-order valence-corrected chi connectivity index (χ3v) is 6.06. The molecule has 3 atom stereocenters. The molecule has 0 bridgehead atoms. The van der Waals surface area contributed by atoms with Gasteiger partial charge in [0, 0.05) is 12.8 Å². The zero-order valence-corrected chi connectivity index (χ0v) is 22.0. The fourth-order valence-electron chi connectivity index (χ4n) is 2.98. The third-order valence-electron chi connectivity index (χ3n) is 5.11. The minimum Gasteiger partial charge on any atom is -0.480 e. The van der Waals surface area contributed by atoms with Crippen LogP contribution in [0.2, 0.25) is 0 Å². The van der Waals surface area contributed by atoms with Gasteiger partial charge < -0.3 is 25.2 Å². The highest BCUT2D eigenvalue weighted by Crippen LogP contribution is 2.43. The molecule has 3 unspecified atom stereocenters. The molecule has 0 rings (SSSR count). The molecule has 12 heteroatoms. The molecular formula is C23H44NO10P. The van der Waals surface area contributed by atoms with E-state index in [1.807, 2.05) is 6.92 Å². The predicted molar refractivity (Wildman–Crippen MR) is 130 cm³/mol. The van der Waals surface area contributed by atoms with Crippen LogP contribution in [0.25, 0.3) is 0 Å². The minimum absolute atomic E-state index is 0.164. The van der Waals surface area contributed by atoms with Crippen molar-refractivity contribution in [2.24, 2.45) is 5.73 Å². The maximum absolute atomic E-state index is 12.2. The van der Waals surface area contributed by atoms with Gasteiger partial charge in [0.05, 0.1) is 13.2 Å². The van der Waals surface area contributed by atoms with Crippen molar-refractivity contribution in [3.8, 4) is 0 Å². The zero-order chi connectivity index (χ0) is 26.5. The van der Waals surface area contributed by atoms with Crippen LogP contribution in [0, 0.1) is 0 Å². The molecule has 0 heterocycles. The number of unbranched alkanes of at least 4 members (excludes halogenated alkanes) is 9. The maximum atomic E-state index is 12.2. The lowest BCUT2D eigenvalue weighted by Gasteiger charge is -2.20. The molecule has 0 aliphatic heterocycles. The van der Waals surface area contributed by atoms with Crippen LogP contribution >= 0.6 is 7.82 Å². The van der Waals surface area contributed by atoms with E-state index in [9.17, 15) is 23.8 Å². The average molecular weight is 526 g/mol. The molecule has 0 saturated heterocycles. The second-order valence-electron chi connectivity index (χ2n) is 8.48. The number of hydrogen-bond acceptors (Lipinski definition) is 9. The Morgan fingerprint density at radius 1 is 0.771 bits per heavy atom. The van der Waals surface area contributed by atoms with Crippen LogP contribution in [0.3, 0.4) is 0 Å². The number of rotatable bonds is 23. The van der Waals surface area contributed by atoms with Gasteiger partial charge in [-0.25, -0.2) is 4.57 Å². The van der Waals surface area contributed by atoms with Gasteiger partial charge in [-0.2, -0.15) is 0 Å². The molecule has 35 heavy (non-hydrogen) atoms. The topological polar surface area (TPSA) is 172 Å². The molecule has 0 spiro atoms. The Kier molecular flexibility index (Phi) is 19.8. The molecule has 0 saturated carbocycles. The van der Waals surface area contributed by atoms with Crippen molar-refractivity contribution in [1.29, 1.82) is 0 Å². The molecule has 0 radical (unpaired) electrons. The van der Waals surface area contributed by atoms with E-state index in [1.54, 1.807) is 0 Å². The molecule has 0 aliphatic rings. The van der Waals surface area contributed by atoms with Gasteiger partial charge in [-0.05, 0) is 12.8 Å². The summed E-state index contributed by atoms with van der Waals surface area (Å²) in [6.07, 6.45) is 10.5. The highest BCUT2D eigenvalue weighted by Gasteiger charge is 2.28. The SMILES string of the molecule is CCCCCCCCCCCC(=O)OC(COC(=O)CCCC)COP(=O)(O)OCC(N)C(=O)O. The first kappa shape index (κ1) is 33.5. The first-order valence-corrected chi connectivity index (χ1v) is 14.1. The lowest BCUT2D eigenvalue weighted by molar-refractivity contribution is -0.161.